The molecule has 2 heterocycles. The zero-order valence-corrected chi connectivity index (χ0v) is 15.7. The molecule has 3 N–H and O–H groups in total. The summed E-state index contributed by atoms with van der Waals surface area (Å²) in [4.78, 5) is 9.50. The van der Waals surface area contributed by atoms with E-state index < -0.39 is 0 Å². The second kappa shape index (κ2) is 7.16. The van der Waals surface area contributed by atoms with Crippen LogP contribution in [0.5, 0.6) is 5.75 Å². The summed E-state index contributed by atoms with van der Waals surface area (Å²) in [6.45, 7) is 0. The van der Waals surface area contributed by atoms with E-state index in [1.54, 1.807) is 24.3 Å². The van der Waals surface area contributed by atoms with Crippen molar-refractivity contribution in [3.63, 3.8) is 0 Å². The molecule has 6 nitrogen and oxygen atoms in total. The van der Waals surface area contributed by atoms with Crippen LogP contribution in [0.3, 0.4) is 0 Å². The van der Waals surface area contributed by atoms with Gasteiger partial charge in [-0.3, -0.25) is 5.10 Å². The Kier molecular flexibility index (Phi) is 4.35. The number of nitrogens with zero attached hydrogens (tertiary/aromatic N) is 3. The quantitative estimate of drug-likeness (QED) is 0.435. The lowest BCUT2D eigenvalue weighted by Crippen LogP contribution is -2.07. The molecule has 29 heavy (non-hydrogen) atoms. The van der Waals surface area contributed by atoms with Gasteiger partial charge in [0.2, 0.25) is 0 Å². The van der Waals surface area contributed by atoms with Gasteiger partial charge in [0.1, 0.15) is 17.4 Å². The molecule has 5 rings (SSSR count). The van der Waals surface area contributed by atoms with Crippen LogP contribution >= 0.6 is 0 Å². The van der Waals surface area contributed by atoms with Crippen molar-refractivity contribution in [1.29, 1.82) is 0 Å². The van der Waals surface area contributed by atoms with Crippen LogP contribution in [0.1, 0.15) is 30.5 Å². The standard InChI is InChI=1S/C22H20FN5O/c23-13-10-11-18-16(12-13)22(28-27-18)26-20-14-6-2-1-3-8-17(14)24-21(25-20)15-7-4-5-9-19(15)29/h4-5,7,9-12,29H,1-3,6,8H2,(H2,24,25,26,27,28). The van der Waals surface area contributed by atoms with Gasteiger partial charge in [0.05, 0.1) is 11.1 Å². The minimum Gasteiger partial charge on any atom is -0.507 e. The van der Waals surface area contributed by atoms with Crippen molar-refractivity contribution in [3.05, 3.63) is 59.5 Å². The molecule has 2 aromatic carbocycles. The number of aryl methyl sites for hydroxylation is 1. The highest BCUT2D eigenvalue weighted by Crippen LogP contribution is 2.33. The minimum atomic E-state index is -0.321. The normalized spacial score (nSPS) is 13.8. The number of aromatic hydroxyl groups is 1. The molecule has 146 valence electrons. The Morgan fingerprint density at radius 2 is 1.83 bits per heavy atom. The van der Waals surface area contributed by atoms with E-state index in [9.17, 15) is 9.50 Å². The Hall–Kier alpha value is -3.48. The SMILES string of the molecule is Oc1ccccc1-c1nc2c(c(Nc3n[nH]c4ccc(F)cc34)n1)CCCCC2. The predicted octanol–water partition coefficient (Wildman–Crippen LogP) is 4.88. The number of para-hydroxylation sites is 1. The van der Waals surface area contributed by atoms with Gasteiger partial charge in [-0.1, -0.05) is 18.6 Å². The van der Waals surface area contributed by atoms with E-state index >= 15 is 0 Å². The molecule has 0 saturated heterocycles. The largest absolute Gasteiger partial charge is 0.507 e. The lowest BCUT2D eigenvalue weighted by Gasteiger charge is -2.14. The number of hydrogen-bond donors (Lipinski definition) is 3. The summed E-state index contributed by atoms with van der Waals surface area (Å²) in [7, 11) is 0. The molecular formula is C22H20FN5O. The number of benzene rings is 2. The molecular weight excluding hydrogens is 369 g/mol. The number of phenolic OH excluding ortho intramolecular Hbond substituents is 1. The van der Waals surface area contributed by atoms with Crippen LogP contribution in [0.4, 0.5) is 16.0 Å². The molecule has 4 aromatic rings. The number of rotatable bonds is 3. The topological polar surface area (TPSA) is 86.7 Å². The van der Waals surface area contributed by atoms with Crippen molar-refractivity contribution in [1.82, 2.24) is 20.2 Å². The first-order valence-corrected chi connectivity index (χ1v) is 9.78. The monoisotopic (exact) mass is 389 g/mol. The summed E-state index contributed by atoms with van der Waals surface area (Å²) >= 11 is 0. The lowest BCUT2D eigenvalue weighted by molar-refractivity contribution is 0.477. The van der Waals surface area contributed by atoms with Gasteiger partial charge in [-0.05, 0) is 56.0 Å². The number of H-pyrrole nitrogens is 1. The number of hydrogen-bond acceptors (Lipinski definition) is 5. The molecule has 0 bridgehead atoms. The van der Waals surface area contributed by atoms with Gasteiger partial charge in [0.25, 0.3) is 0 Å². The molecule has 0 amide bonds. The summed E-state index contributed by atoms with van der Waals surface area (Å²) in [6.07, 6.45) is 5.01. The zero-order valence-electron chi connectivity index (χ0n) is 15.7. The summed E-state index contributed by atoms with van der Waals surface area (Å²) in [5, 5.41) is 21.5. The third-order valence-electron chi connectivity index (χ3n) is 5.34. The summed E-state index contributed by atoms with van der Waals surface area (Å²) < 4.78 is 13.8. The Morgan fingerprint density at radius 1 is 0.966 bits per heavy atom. The number of aromatic nitrogens is 4. The highest BCUT2D eigenvalue weighted by Gasteiger charge is 2.20. The minimum absolute atomic E-state index is 0.138. The fraction of sp³-hybridized carbons (Fsp3) is 0.227. The molecule has 0 atom stereocenters. The van der Waals surface area contributed by atoms with Gasteiger partial charge in [0, 0.05) is 16.6 Å². The molecule has 0 aliphatic heterocycles. The molecule has 2 aromatic heterocycles. The van der Waals surface area contributed by atoms with Crippen molar-refractivity contribution in [2.75, 3.05) is 5.32 Å². The number of fused-ring (bicyclic) bond motifs is 2. The number of nitrogens with one attached hydrogen (secondary N) is 2. The Bertz CT molecular complexity index is 1200. The van der Waals surface area contributed by atoms with Crippen LogP contribution in [0.25, 0.3) is 22.3 Å². The van der Waals surface area contributed by atoms with Crippen LogP contribution in [-0.2, 0) is 12.8 Å². The lowest BCUT2D eigenvalue weighted by atomic mass is 10.1. The van der Waals surface area contributed by atoms with Gasteiger partial charge < -0.3 is 10.4 Å². The first-order chi connectivity index (χ1) is 14.2. The highest BCUT2D eigenvalue weighted by atomic mass is 19.1. The molecule has 0 radical (unpaired) electrons. The van der Waals surface area contributed by atoms with Crippen LogP contribution in [0.15, 0.2) is 42.5 Å². The van der Waals surface area contributed by atoms with E-state index in [4.69, 9.17) is 9.97 Å². The van der Waals surface area contributed by atoms with Crippen molar-refractivity contribution in [2.45, 2.75) is 32.1 Å². The fourth-order valence-electron chi connectivity index (χ4n) is 3.85. The molecule has 7 heteroatoms. The van der Waals surface area contributed by atoms with Crippen molar-refractivity contribution < 1.29 is 9.50 Å². The maximum Gasteiger partial charge on any atom is 0.165 e. The second-order valence-electron chi connectivity index (χ2n) is 7.29. The van der Waals surface area contributed by atoms with E-state index in [0.717, 1.165) is 48.9 Å². The summed E-state index contributed by atoms with van der Waals surface area (Å²) in [5.74, 6) is 1.47. The van der Waals surface area contributed by atoms with Crippen LogP contribution in [0.2, 0.25) is 0 Å². The van der Waals surface area contributed by atoms with Crippen LogP contribution in [-0.4, -0.2) is 25.3 Å². The molecule has 0 fully saturated rings. The van der Waals surface area contributed by atoms with Crippen LogP contribution < -0.4 is 5.32 Å². The zero-order chi connectivity index (χ0) is 19.8. The predicted molar refractivity (Wildman–Crippen MR) is 110 cm³/mol. The Morgan fingerprint density at radius 3 is 2.72 bits per heavy atom. The van der Waals surface area contributed by atoms with Gasteiger partial charge in [-0.25, -0.2) is 14.4 Å². The first-order valence-electron chi connectivity index (χ1n) is 9.78. The smallest absolute Gasteiger partial charge is 0.165 e. The van der Waals surface area contributed by atoms with Gasteiger partial charge >= 0.3 is 0 Å². The number of phenols is 1. The average molecular weight is 389 g/mol. The second-order valence-corrected chi connectivity index (χ2v) is 7.29. The summed E-state index contributed by atoms with van der Waals surface area (Å²) in [5.41, 5.74) is 3.38. The number of aromatic amines is 1. The van der Waals surface area contributed by atoms with E-state index in [1.165, 1.54) is 12.1 Å². The van der Waals surface area contributed by atoms with E-state index in [1.807, 2.05) is 6.07 Å². The molecule has 0 saturated carbocycles. The van der Waals surface area contributed by atoms with E-state index in [2.05, 4.69) is 15.5 Å². The van der Waals surface area contributed by atoms with Crippen molar-refractivity contribution in [2.24, 2.45) is 0 Å². The van der Waals surface area contributed by atoms with E-state index in [-0.39, 0.29) is 11.6 Å². The molecule has 1 aliphatic rings. The molecule has 1 aliphatic carbocycles. The highest BCUT2D eigenvalue weighted by molar-refractivity contribution is 5.91. The summed E-state index contributed by atoms with van der Waals surface area (Å²) in [6, 6.07) is 11.6. The van der Waals surface area contributed by atoms with Crippen LogP contribution in [0, 0.1) is 5.82 Å². The van der Waals surface area contributed by atoms with Crippen molar-refractivity contribution >= 4 is 22.5 Å². The maximum atomic E-state index is 13.8. The average Bonchev–Trinajstić information content (AvgIpc) is 2.95. The molecule has 0 spiro atoms. The molecule has 0 unspecified atom stereocenters. The maximum absolute atomic E-state index is 13.8. The van der Waals surface area contributed by atoms with Crippen molar-refractivity contribution in [3.8, 4) is 17.1 Å². The Balaban J connectivity index is 1.65. The van der Waals surface area contributed by atoms with Gasteiger partial charge in [0.15, 0.2) is 11.6 Å². The Labute approximate surface area is 166 Å². The first kappa shape index (κ1) is 17.6. The fourth-order valence-corrected chi connectivity index (χ4v) is 3.85. The third kappa shape index (κ3) is 3.29. The van der Waals surface area contributed by atoms with Gasteiger partial charge in [-0.2, -0.15) is 5.10 Å². The van der Waals surface area contributed by atoms with E-state index in [0.29, 0.717) is 28.4 Å². The number of anilines is 2. The third-order valence-corrected chi connectivity index (χ3v) is 5.34. The van der Waals surface area contributed by atoms with Gasteiger partial charge in [-0.15, -0.1) is 0 Å². The number of halogens is 1.